The maximum atomic E-state index is 5.57. The second kappa shape index (κ2) is 22.5. The van der Waals surface area contributed by atoms with Gasteiger partial charge in [-0.15, -0.1) is 0 Å². The average Bonchev–Trinajstić information content (AvgIpc) is 2.64. The van der Waals surface area contributed by atoms with Crippen molar-refractivity contribution in [3.63, 3.8) is 0 Å². The fraction of sp³-hybridized carbons (Fsp3) is 0.909. The van der Waals surface area contributed by atoms with E-state index in [0.29, 0.717) is 6.79 Å². The van der Waals surface area contributed by atoms with Gasteiger partial charge >= 0.3 is 0 Å². The van der Waals surface area contributed by atoms with Crippen LogP contribution < -0.4 is 0 Å². The molecule has 0 saturated carbocycles. The van der Waals surface area contributed by atoms with Gasteiger partial charge in [0.25, 0.3) is 0 Å². The van der Waals surface area contributed by atoms with E-state index >= 15 is 0 Å². The summed E-state index contributed by atoms with van der Waals surface area (Å²) in [6, 6.07) is 0. The molecule has 0 aromatic carbocycles. The normalized spacial score (nSPS) is 11.7. The molecule has 0 spiro atoms. The molecule has 0 aliphatic carbocycles. The standard InChI is InChI=1S/C22H44O4/c1-4-25-22(26-5-2)19-17-15-13-11-9-7-6-8-10-12-14-16-18-20-24-21-23-3/h18,20,22H,4-17,19,21H2,1-3H3. The fourth-order valence-electron chi connectivity index (χ4n) is 2.99. The van der Waals surface area contributed by atoms with E-state index in [1.54, 1.807) is 13.4 Å². The Kier molecular flexibility index (Phi) is 22.0. The molecule has 0 radical (unpaired) electrons. The van der Waals surface area contributed by atoms with E-state index in [1.165, 1.54) is 70.6 Å². The lowest BCUT2D eigenvalue weighted by Crippen LogP contribution is -2.17. The zero-order valence-electron chi connectivity index (χ0n) is 17.7. The SMILES string of the molecule is CCOC(CCCCCCCCCCCCCC=COCOC)OCC. The van der Waals surface area contributed by atoms with Gasteiger partial charge < -0.3 is 18.9 Å². The second-order valence-electron chi connectivity index (χ2n) is 6.75. The molecular formula is C22H44O4. The molecule has 26 heavy (non-hydrogen) atoms. The van der Waals surface area contributed by atoms with E-state index in [-0.39, 0.29) is 6.29 Å². The molecular weight excluding hydrogens is 328 g/mol. The molecule has 0 aromatic heterocycles. The van der Waals surface area contributed by atoms with Gasteiger partial charge in [-0.1, -0.05) is 57.8 Å². The Morgan fingerprint density at radius 2 is 1.19 bits per heavy atom. The van der Waals surface area contributed by atoms with Gasteiger partial charge in [0.05, 0.1) is 6.26 Å². The Hall–Kier alpha value is -0.580. The van der Waals surface area contributed by atoms with Crippen LogP contribution in [-0.4, -0.2) is 33.4 Å². The Morgan fingerprint density at radius 3 is 1.69 bits per heavy atom. The Bertz CT molecular complexity index is 275. The molecule has 0 aliphatic rings. The second-order valence-corrected chi connectivity index (χ2v) is 6.75. The minimum atomic E-state index is 0.0124. The molecule has 0 rings (SSSR count). The number of unbranched alkanes of at least 4 members (excludes halogenated alkanes) is 11. The maximum absolute atomic E-state index is 5.57. The van der Waals surface area contributed by atoms with Crippen LogP contribution in [0.25, 0.3) is 0 Å². The number of ether oxygens (including phenoxy) is 4. The summed E-state index contributed by atoms with van der Waals surface area (Å²) in [6.07, 6.45) is 20.8. The van der Waals surface area contributed by atoms with Crippen molar-refractivity contribution in [2.24, 2.45) is 0 Å². The van der Waals surface area contributed by atoms with Crippen LogP contribution in [0.4, 0.5) is 0 Å². The van der Waals surface area contributed by atoms with Crippen molar-refractivity contribution in [1.82, 2.24) is 0 Å². The molecule has 0 bridgehead atoms. The van der Waals surface area contributed by atoms with Gasteiger partial charge in [0, 0.05) is 20.3 Å². The first-order valence-electron chi connectivity index (χ1n) is 10.8. The number of hydrogen-bond donors (Lipinski definition) is 0. The highest BCUT2D eigenvalue weighted by Crippen LogP contribution is 2.14. The van der Waals surface area contributed by atoms with Gasteiger partial charge in [-0.2, -0.15) is 0 Å². The number of methoxy groups -OCH3 is 1. The van der Waals surface area contributed by atoms with Crippen molar-refractivity contribution in [3.05, 3.63) is 12.3 Å². The quantitative estimate of drug-likeness (QED) is 0.129. The summed E-state index contributed by atoms with van der Waals surface area (Å²) < 4.78 is 21.1. The van der Waals surface area contributed by atoms with Crippen LogP contribution in [-0.2, 0) is 18.9 Å². The minimum absolute atomic E-state index is 0.0124. The number of allylic oxidation sites excluding steroid dienone is 1. The van der Waals surface area contributed by atoms with Crippen LogP contribution in [0, 0.1) is 0 Å². The Balaban J connectivity index is 3.18. The monoisotopic (exact) mass is 372 g/mol. The van der Waals surface area contributed by atoms with E-state index in [2.05, 4.69) is 6.08 Å². The highest BCUT2D eigenvalue weighted by atomic mass is 16.7. The van der Waals surface area contributed by atoms with Crippen LogP contribution in [0.15, 0.2) is 12.3 Å². The summed E-state index contributed by atoms with van der Waals surface area (Å²) in [4.78, 5) is 0. The molecule has 4 heteroatoms. The van der Waals surface area contributed by atoms with Crippen molar-refractivity contribution < 1.29 is 18.9 Å². The van der Waals surface area contributed by atoms with Crippen LogP contribution in [0.3, 0.4) is 0 Å². The van der Waals surface area contributed by atoms with Crippen molar-refractivity contribution >= 4 is 0 Å². The summed E-state index contributed by atoms with van der Waals surface area (Å²) in [5.41, 5.74) is 0. The Labute approximate surface area is 162 Å². The van der Waals surface area contributed by atoms with Crippen LogP contribution >= 0.6 is 0 Å². The van der Waals surface area contributed by atoms with Crippen molar-refractivity contribution in [2.75, 3.05) is 27.1 Å². The highest BCUT2D eigenvalue weighted by molar-refractivity contribution is 4.72. The van der Waals surface area contributed by atoms with Crippen LogP contribution in [0.5, 0.6) is 0 Å². The highest BCUT2D eigenvalue weighted by Gasteiger charge is 2.06. The topological polar surface area (TPSA) is 36.9 Å². The molecule has 0 N–H and O–H groups in total. The Morgan fingerprint density at radius 1 is 0.692 bits per heavy atom. The van der Waals surface area contributed by atoms with E-state index in [0.717, 1.165) is 26.1 Å². The molecule has 0 aliphatic heterocycles. The largest absolute Gasteiger partial charge is 0.476 e. The van der Waals surface area contributed by atoms with Crippen molar-refractivity contribution in [1.29, 1.82) is 0 Å². The molecule has 0 saturated heterocycles. The molecule has 4 nitrogen and oxygen atoms in total. The lowest BCUT2D eigenvalue weighted by molar-refractivity contribution is -0.140. The summed E-state index contributed by atoms with van der Waals surface area (Å²) in [6.45, 7) is 5.89. The fourth-order valence-corrected chi connectivity index (χ4v) is 2.99. The van der Waals surface area contributed by atoms with Crippen LogP contribution in [0.2, 0.25) is 0 Å². The first-order valence-corrected chi connectivity index (χ1v) is 10.8. The molecule has 0 amide bonds. The third-order valence-electron chi connectivity index (χ3n) is 4.39. The van der Waals surface area contributed by atoms with Gasteiger partial charge in [-0.25, -0.2) is 0 Å². The number of rotatable bonds is 21. The molecule has 0 aromatic rings. The summed E-state index contributed by atoms with van der Waals surface area (Å²) >= 11 is 0. The predicted octanol–water partition coefficient (Wildman–Crippen LogP) is 6.59. The molecule has 0 atom stereocenters. The zero-order valence-corrected chi connectivity index (χ0v) is 17.7. The van der Waals surface area contributed by atoms with Gasteiger partial charge in [-0.05, 0) is 45.6 Å². The van der Waals surface area contributed by atoms with Gasteiger partial charge in [0.15, 0.2) is 13.1 Å². The van der Waals surface area contributed by atoms with Crippen LogP contribution in [0.1, 0.15) is 97.3 Å². The molecule has 0 heterocycles. The minimum Gasteiger partial charge on any atom is -0.476 e. The third kappa shape index (κ3) is 19.7. The van der Waals surface area contributed by atoms with Gasteiger partial charge in [-0.3, -0.25) is 0 Å². The lowest BCUT2D eigenvalue weighted by atomic mass is 10.0. The van der Waals surface area contributed by atoms with Crippen molar-refractivity contribution in [2.45, 2.75) is 104 Å². The van der Waals surface area contributed by atoms with E-state index in [1.807, 2.05) is 13.8 Å². The predicted molar refractivity (Wildman–Crippen MR) is 109 cm³/mol. The van der Waals surface area contributed by atoms with E-state index in [9.17, 15) is 0 Å². The summed E-state index contributed by atoms with van der Waals surface area (Å²) in [7, 11) is 1.63. The van der Waals surface area contributed by atoms with E-state index in [4.69, 9.17) is 18.9 Å². The zero-order chi connectivity index (χ0) is 19.1. The average molecular weight is 373 g/mol. The first kappa shape index (κ1) is 25.4. The molecule has 0 fully saturated rings. The smallest absolute Gasteiger partial charge is 0.187 e. The summed E-state index contributed by atoms with van der Waals surface area (Å²) in [5.74, 6) is 0. The first-order chi connectivity index (χ1) is 12.8. The van der Waals surface area contributed by atoms with Crippen molar-refractivity contribution in [3.8, 4) is 0 Å². The maximum Gasteiger partial charge on any atom is 0.187 e. The third-order valence-corrected chi connectivity index (χ3v) is 4.39. The number of hydrogen-bond acceptors (Lipinski definition) is 4. The lowest BCUT2D eigenvalue weighted by Gasteiger charge is -2.16. The summed E-state index contributed by atoms with van der Waals surface area (Å²) in [5, 5.41) is 0. The van der Waals surface area contributed by atoms with Gasteiger partial charge in [0.1, 0.15) is 0 Å². The molecule has 0 unspecified atom stereocenters. The molecule has 156 valence electrons. The van der Waals surface area contributed by atoms with Gasteiger partial charge in [0.2, 0.25) is 0 Å². The van der Waals surface area contributed by atoms with E-state index < -0.39 is 0 Å².